The van der Waals surface area contributed by atoms with Crippen LogP contribution in [-0.2, 0) is 4.79 Å². The van der Waals surface area contributed by atoms with E-state index in [2.05, 4.69) is 10.6 Å². The first-order valence-corrected chi connectivity index (χ1v) is 10.4. The minimum Gasteiger partial charge on any atom is -0.366 e. The molecule has 4 N–H and O–H groups in total. The van der Waals surface area contributed by atoms with E-state index in [9.17, 15) is 14.4 Å². The molecule has 0 heterocycles. The Bertz CT molecular complexity index is 875. The van der Waals surface area contributed by atoms with E-state index in [4.69, 9.17) is 28.9 Å². The highest BCUT2D eigenvalue weighted by Gasteiger charge is 2.22. The van der Waals surface area contributed by atoms with Crippen molar-refractivity contribution in [1.29, 1.82) is 0 Å². The lowest BCUT2D eigenvalue weighted by atomic mass is 10.1. The van der Waals surface area contributed by atoms with Gasteiger partial charge in [-0.05, 0) is 60.9 Å². The summed E-state index contributed by atoms with van der Waals surface area (Å²) in [4.78, 5) is 36.3. The molecule has 9 heteroatoms. The van der Waals surface area contributed by atoms with Crippen molar-refractivity contribution in [3.8, 4) is 0 Å². The molecule has 0 saturated heterocycles. The average Bonchev–Trinajstić information content (AvgIpc) is 2.65. The van der Waals surface area contributed by atoms with Crippen molar-refractivity contribution in [1.82, 2.24) is 5.32 Å². The number of hydrogen-bond acceptors (Lipinski definition) is 4. The summed E-state index contributed by atoms with van der Waals surface area (Å²) < 4.78 is 0. The molecule has 2 aromatic carbocycles. The quantitative estimate of drug-likeness (QED) is 0.584. The summed E-state index contributed by atoms with van der Waals surface area (Å²) in [5.74, 6) is -0.720. The Morgan fingerprint density at radius 3 is 2.36 bits per heavy atom. The van der Waals surface area contributed by atoms with Crippen LogP contribution in [0.5, 0.6) is 0 Å². The highest BCUT2D eigenvalue weighted by atomic mass is 35.5. The number of carbonyl (C=O) groups excluding carboxylic acids is 3. The molecule has 28 heavy (non-hydrogen) atoms. The topological polar surface area (TPSA) is 101 Å². The van der Waals surface area contributed by atoms with Gasteiger partial charge in [-0.15, -0.1) is 0 Å². The number of amides is 3. The second-order valence-electron chi connectivity index (χ2n) is 5.86. The van der Waals surface area contributed by atoms with E-state index < -0.39 is 17.9 Å². The standard InChI is InChI=1S/C19H19Cl2N3O3S/c1-28-9-8-16(24-18(26)14-7-4-12(20)10-15(14)21)19(27)23-13-5-2-11(3-6-13)17(22)25/h2-7,10,16H,8-9H2,1H3,(H2,22,25)(H,23,27)(H,24,26). The Hall–Kier alpha value is -2.22. The summed E-state index contributed by atoms with van der Waals surface area (Å²) in [5.41, 5.74) is 6.26. The number of carbonyl (C=O) groups is 3. The van der Waals surface area contributed by atoms with Gasteiger partial charge < -0.3 is 16.4 Å². The first-order valence-electron chi connectivity index (χ1n) is 8.27. The number of rotatable bonds is 8. The van der Waals surface area contributed by atoms with Gasteiger partial charge in [-0.3, -0.25) is 14.4 Å². The maximum absolute atomic E-state index is 12.7. The molecule has 0 bridgehead atoms. The Labute approximate surface area is 177 Å². The molecule has 2 rings (SSSR count). The van der Waals surface area contributed by atoms with E-state index in [-0.39, 0.29) is 16.5 Å². The third-order valence-electron chi connectivity index (χ3n) is 3.85. The van der Waals surface area contributed by atoms with Crippen LogP contribution in [-0.4, -0.2) is 35.8 Å². The van der Waals surface area contributed by atoms with E-state index in [0.29, 0.717) is 28.4 Å². The van der Waals surface area contributed by atoms with Crippen LogP contribution < -0.4 is 16.4 Å². The lowest BCUT2D eigenvalue weighted by Crippen LogP contribution is -2.44. The first-order chi connectivity index (χ1) is 13.3. The van der Waals surface area contributed by atoms with Crippen LogP contribution in [0, 0.1) is 0 Å². The van der Waals surface area contributed by atoms with Gasteiger partial charge in [0.1, 0.15) is 6.04 Å². The Morgan fingerprint density at radius 1 is 1.11 bits per heavy atom. The van der Waals surface area contributed by atoms with Crippen LogP contribution in [0.25, 0.3) is 0 Å². The van der Waals surface area contributed by atoms with Gasteiger partial charge >= 0.3 is 0 Å². The van der Waals surface area contributed by atoms with Crippen molar-refractivity contribution in [3.63, 3.8) is 0 Å². The van der Waals surface area contributed by atoms with Crippen LogP contribution in [0.3, 0.4) is 0 Å². The normalized spacial score (nSPS) is 11.5. The molecule has 6 nitrogen and oxygen atoms in total. The van der Waals surface area contributed by atoms with Crippen molar-refractivity contribution in [2.75, 3.05) is 17.3 Å². The van der Waals surface area contributed by atoms with Gasteiger partial charge in [0.05, 0.1) is 10.6 Å². The van der Waals surface area contributed by atoms with Crippen LogP contribution >= 0.6 is 35.0 Å². The first kappa shape index (κ1) is 22.1. The molecule has 0 fully saturated rings. The zero-order valence-corrected chi connectivity index (χ0v) is 17.3. The van der Waals surface area contributed by atoms with E-state index in [1.54, 1.807) is 30.0 Å². The second-order valence-corrected chi connectivity index (χ2v) is 7.69. The minimum absolute atomic E-state index is 0.205. The SMILES string of the molecule is CSCCC(NC(=O)c1ccc(Cl)cc1Cl)C(=O)Nc1ccc(C(N)=O)cc1. The maximum atomic E-state index is 12.7. The Balaban J connectivity index is 2.11. The summed E-state index contributed by atoms with van der Waals surface area (Å²) in [6.45, 7) is 0. The van der Waals surface area contributed by atoms with E-state index in [0.717, 1.165) is 0 Å². The molecule has 3 amide bonds. The molecule has 1 atom stereocenters. The third-order valence-corrected chi connectivity index (χ3v) is 5.04. The number of primary amides is 1. The molecule has 0 aliphatic carbocycles. The number of hydrogen-bond donors (Lipinski definition) is 3. The van der Waals surface area contributed by atoms with Crippen molar-refractivity contribution in [2.45, 2.75) is 12.5 Å². The lowest BCUT2D eigenvalue weighted by molar-refractivity contribution is -0.118. The van der Waals surface area contributed by atoms with Gasteiger partial charge in [0.15, 0.2) is 0 Å². The van der Waals surface area contributed by atoms with Gasteiger partial charge in [0, 0.05) is 16.3 Å². The van der Waals surface area contributed by atoms with Crippen LogP contribution in [0.2, 0.25) is 10.0 Å². The lowest BCUT2D eigenvalue weighted by Gasteiger charge is -2.19. The van der Waals surface area contributed by atoms with Crippen molar-refractivity contribution >= 4 is 58.4 Å². The smallest absolute Gasteiger partial charge is 0.253 e. The monoisotopic (exact) mass is 439 g/mol. The number of benzene rings is 2. The zero-order valence-electron chi connectivity index (χ0n) is 15.0. The zero-order chi connectivity index (χ0) is 20.7. The highest BCUT2D eigenvalue weighted by molar-refractivity contribution is 7.98. The van der Waals surface area contributed by atoms with Crippen molar-refractivity contribution in [2.24, 2.45) is 5.73 Å². The van der Waals surface area contributed by atoms with Crippen molar-refractivity contribution < 1.29 is 14.4 Å². The molecule has 0 radical (unpaired) electrons. The van der Waals surface area contributed by atoms with E-state index in [1.807, 2.05) is 6.26 Å². The van der Waals surface area contributed by atoms with Crippen LogP contribution in [0.1, 0.15) is 27.1 Å². The highest BCUT2D eigenvalue weighted by Crippen LogP contribution is 2.21. The van der Waals surface area contributed by atoms with Gasteiger partial charge in [-0.1, -0.05) is 23.2 Å². The van der Waals surface area contributed by atoms with Crippen LogP contribution in [0.15, 0.2) is 42.5 Å². The van der Waals surface area contributed by atoms with Crippen LogP contribution in [0.4, 0.5) is 5.69 Å². The predicted molar refractivity (Wildman–Crippen MR) is 114 cm³/mol. The van der Waals surface area contributed by atoms with Gasteiger partial charge in [0.25, 0.3) is 5.91 Å². The summed E-state index contributed by atoms with van der Waals surface area (Å²) in [5, 5.41) is 6.06. The summed E-state index contributed by atoms with van der Waals surface area (Å²) in [6, 6.07) is 9.94. The molecule has 148 valence electrons. The van der Waals surface area contributed by atoms with E-state index >= 15 is 0 Å². The largest absolute Gasteiger partial charge is 0.366 e. The number of halogens is 2. The van der Waals surface area contributed by atoms with Gasteiger partial charge in [-0.2, -0.15) is 11.8 Å². The maximum Gasteiger partial charge on any atom is 0.253 e. The summed E-state index contributed by atoms with van der Waals surface area (Å²) >= 11 is 13.5. The summed E-state index contributed by atoms with van der Waals surface area (Å²) in [7, 11) is 0. The molecular weight excluding hydrogens is 421 g/mol. The van der Waals surface area contributed by atoms with Crippen molar-refractivity contribution in [3.05, 3.63) is 63.6 Å². The van der Waals surface area contributed by atoms with Gasteiger partial charge in [-0.25, -0.2) is 0 Å². The fourth-order valence-corrected chi connectivity index (χ4v) is 3.33. The molecule has 0 aliphatic rings. The molecule has 0 aromatic heterocycles. The molecule has 0 spiro atoms. The fraction of sp³-hybridized carbons (Fsp3) is 0.211. The molecule has 2 aromatic rings. The summed E-state index contributed by atoms with van der Waals surface area (Å²) in [6.07, 6.45) is 2.35. The number of anilines is 1. The Morgan fingerprint density at radius 2 is 1.79 bits per heavy atom. The number of thioether (sulfide) groups is 1. The molecule has 0 aliphatic heterocycles. The number of nitrogens with one attached hydrogen (secondary N) is 2. The van der Waals surface area contributed by atoms with E-state index in [1.165, 1.54) is 24.3 Å². The molecule has 1 unspecified atom stereocenters. The Kier molecular flexibility index (Phi) is 8.17. The molecule has 0 saturated carbocycles. The minimum atomic E-state index is -0.762. The third kappa shape index (κ3) is 6.15. The predicted octanol–water partition coefficient (Wildman–Crippen LogP) is 3.58. The number of nitrogens with two attached hydrogens (primary N) is 1. The fourth-order valence-electron chi connectivity index (χ4n) is 2.36. The average molecular weight is 440 g/mol. The molecular formula is C19H19Cl2N3O3S. The van der Waals surface area contributed by atoms with Gasteiger partial charge in [0.2, 0.25) is 11.8 Å². The second kappa shape index (κ2) is 10.4.